The van der Waals surface area contributed by atoms with Gasteiger partial charge in [-0.05, 0) is 19.3 Å². The number of carbonyl (C=O) groups is 1. The maximum absolute atomic E-state index is 12.0. The van der Waals surface area contributed by atoms with Gasteiger partial charge in [-0.1, -0.05) is 45.4 Å². The Bertz CT molecular complexity index is 235. The summed E-state index contributed by atoms with van der Waals surface area (Å²) in [4.78, 5) is 14.0. The number of nitrogens with zero attached hydrogens (tertiary/aromatic N) is 1. The van der Waals surface area contributed by atoms with Crippen molar-refractivity contribution < 1.29 is 9.53 Å². The zero-order valence-electron chi connectivity index (χ0n) is 12.8. The van der Waals surface area contributed by atoms with Crippen LogP contribution in [0.1, 0.15) is 71.1 Å². The molecule has 3 nitrogen and oxygen atoms in total. The van der Waals surface area contributed by atoms with E-state index in [1.807, 2.05) is 4.90 Å². The molecular formula is C16H31NO2. The van der Waals surface area contributed by atoms with Gasteiger partial charge >= 0.3 is 0 Å². The smallest absolute Gasteiger partial charge is 0.222 e. The van der Waals surface area contributed by atoms with Crippen molar-refractivity contribution in [3.8, 4) is 0 Å². The van der Waals surface area contributed by atoms with Crippen molar-refractivity contribution in [3.05, 3.63) is 0 Å². The Morgan fingerprint density at radius 3 is 2.21 bits per heavy atom. The van der Waals surface area contributed by atoms with Crippen molar-refractivity contribution in [1.29, 1.82) is 0 Å². The first-order valence-electron chi connectivity index (χ1n) is 8.08. The summed E-state index contributed by atoms with van der Waals surface area (Å²) in [6.45, 7) is 4.01. The highest BCUT2D eigenvalue weighted by Gasteiger charge is 2.21. The summed E-state index contributed by atoms with van der Waals surface area (Å²) in [5.41, 5.74) is 0. The molecule has 1 heterocycles. The number of carbonyl (C=O) groups excluding carboxylic acids is 1. The summed E-state index contributed by atoms with van der Waals surface area (Å²) in [5, 5.41) is 0. The minimum Gasteiger partial charge on any atom is -0.381 e. The van der Waals surface area contributed by atoms with Crippen LogP contribution in [-0.2, 0) is 9.53 Å². The highest BCUT2D eigenvalue weighted by molar-refractivity contribution is 5.76. The van der Waals surface area contributed by atoms with E-state index in [0.29, 0.717) is 12.0 Å². The molecule has 0 radical (unpaired) electrons. The second-order valence-electron chi connectivity index (χ2n) is 5.69. The second-order valence-corrected chi connectivity index (χ2v) is 5.69. The van der Waals surface area contributed by atoms with Crippen molar-refractivity contribution in [2.45, 2.75) is 77.2 Å². The van der Waals surface area contributed by atoms with E-state index in [2.05, 4.69) is 6.92 Å². The van der Waals surface area contributed by atoms with Crippen LogP contribution in [0.15, 0.2) is 0 Å². The zero-order chi connectivity index (χ0) is 13.9. The first-order valence-corrected chi connectivity index (χ1v) is 8.08. The van der Waals surface area contributed by atoms with Crippen molar-refractivity contribution in [2.24, 2.45) is 0 Å². The van der Waals surface area contributed by atoms with Gasteiger partial charge in [0.25, 0.3) is 0 Å². The van der Waals surface area contributed by atoms with E-state index in [1.54, 1.807) is 7.11 Å². The molecule has 0 bridgehead atoms. The molecule has 3 heteroatoms. The van der Waals surface area contributed by atoms with Gasteiger partial charge in [-0.2, -0.15) is 0 Å². The topological polar surface area (TPSA) is 29.5 Å². The molecule has 1 fully saturated rings. The van der Waals surface area contributed by atoms with Crippen LogP contribution in [0, 0.1) is 0 Å². The lowest BCUT2D eigenvalue weighted by Gasteiger charge is -2.31. The lowest BCUT2D eigenvalue weighted by atomic mass is 10.1. The molecule has 1 aliphatic rings. The molecule has 0 aliphatic carbocycles. The lowest BCUT2D eigenvalue weighted by molar-refractivity contribution is -0.133. The molecule has 1 aliphatic heterocycles. The number of hydrogen-bond donors (Lipinski definition) is 0. The summed E-state index contributed by atoms with van der Waals surface area (Å²) in [7, 11) is 1.76. The molecule has 1 saturated heterocycles. The highest BCUT2D eigenvalue weighted by atomic mass is 16.5. The number of amides is 1. The molecule has 112 valence electrons. The predicted octanol–water partition coefficient (Wildman–Crippen LogP) is 3.76. The molecule has 1 amide bonds. The van der Waals surface area contributed by atoms with Gasteiger partial charge in [-0.25, -0.2) is 0 Å². The average molecular weight is 269 g/mol. The van der Waals surface area contributed by atoms with Crippen LogP contribution in [0.25, 0.3) is 0 Å². The van der Waals surface area contributed by atoms with Crippen molar-refractivity contribution in [2.75, 3.05) is 20.2 Å². The standard InChI is InChI=1S/C16H31NO2/c1-3-4-5-6-7-8-9-10-16(18)17-13-11-15(19-2)12-14-17/h15H,3-14H2,1-2H3. The van der Waals surface area contributed by atoms with E-state index in [0.717, 1.165) is 38.8 Å². The Hall–Kier alpha value is -0.570. The quantitative estimate of drug-likeness (QED) is 0.596. The molecule has 0 N–H and O–H groups in total. The Kier molecular flexibility index (Phi) is 8.89. The molecule has 0 aromatic carbocycles. The minimum atomic E-state index is 0.350. The SMILES string of the molecule is CCCCCCCCCC(=O)N1CCC(OC)CC1. The fourth-order valence-electron chi connectivity index (χ4n) is 2.73. The summed E-state index contributed by atoms with van der Waals surface area (Å²) in [5.74, 6) is 0.350. The van der Waals surface area contributed by atoms with Crippen molar-refractivity contribution in [1.82, 2.24) is 4.90 Å². The number of methoxy groups -OCH3 is 1. The minimum absolute atomic E-state index is 0.350. The van der Waals surface area contributed by atoms with Crippen molar-refractivity contribution in [3.63, 3.8) is 0 Å². The van der Waals surface area contributed by atoms with E-state index in [9.17, 15) is 4.79 Å². The summed E-state index contributed by atoms with van der Waals surface area (Å²) < 4.78 is 5.33. The van der Waals surface area contributed by atoms with Crippen LogP contribution < -0.4 is 0 Å². The monoisotopic (exact) mass is 269 g/mol. The first kappa shape index (κ1) is 16.5. The molecule has 0 aromatic rings. The molecule has 19 heavy (non-hydrogen) atoms. The Morgan fingerprint density at radius 1 is 1.05 bits per heavy atom. The van der Waals surface area contributed by atoms with E-state index >= 15 is 0 Å². The van der Waals surface area contributed by atoms with Gasteiger partial charge in [0.2, 0.25) is 5.91 Å². The number of ether oxygens (including phenoxy) is 1. The molecule has 0 aromatic heterocycles. The number of unbranched alkanes of at least 4 members (excludes halogenated alkanes) is 6. The van der Waals surface area contributed by atoms with Gasteiger partial charge in [0.1, 0.15) is 0 Å². The maximum atomic E-state index is 12.0. The zero-order valence-corrected chi connectivity index (χ0v) is 12.8. The van der Waals surface area contributed by atoms with Gasteiger partial charge in [0.15, 0.2) is 0 Å². The van der Waals surface area contributed by atoms with Crippen molar-refractivity contribution >= 4 is 5.91 Å². The van der Waals surface area contributed by atoms with Gasteiger partial charge in [-0.3, -0.25) is 4.79 Å². The third-order valence-corrected chi connectivity index (χ3v) is 4.12. The van der Waals surface area contributed by atoms with E-state index in [4.69, 9.17) is 4.74 Å². The lowest BCUT2D eigenvalue weighted by Crippen LogP contribution is -2.40. The highest BCUT2D eigenvalue weighted by Crippen LogP contribution is 2.15. The summed E-state index contributed by atoms with van der Waals surface area (Å²) in [6.07, 6.45) is 12.0. The molecule has 0 saturated carbocycles. The maximum Gasteiger partial charge on any atom is 0.222 e. The Morgan fingerprint density at radius 2 is 1.63 bits per heavy atom. The van der Waals surface area contributed by atoms with E-state index in [1.165, 1.54) is 38.5 Å². The number of piperidine rings is 1. The molecule has 0 unspecified atom stereocenters. The third-order valence-electron chi connectivity index (χ3n) is 4.12. The van der Waals surface area contributed by atoms with Crippen LogP contribution >= 0.6 is 0 Å². The fourth-order valence-corrected chi connectivity index (χ4v) is 2.73. The third kappa shape index (κ3) is 6.95. The van der Waals surface area contributed by atoms with Gasteiger partial charge in [0, 0.05) is 26.6 Å². The van der Waals surface area contributed by atoms with E-state index < -0.39 is 0 Å². The predicted molar refractivity (Wildman–Crippen MR) is 79.2 cm³/mol. The van der Waals surface area contributed by atoms with Crippen LogP contribution in [0.3, 0.4) is 0 Å². The number of hydrogen-bond acceptors (Lipinski definition) is 2. The van der Waals surface area contributed by atoms with Gasteiger partial charge < -0.3 is 9.64 Å². The average Bonchev–Trinajstić information content (AvgIpc) is 2.46. The second kappa shape index (κ2) is 10.2. The Balaban J connectivity index is 1.99. The van der Waals surface area contributed by atoms with Gasteiger partial charge in [-0.15, -0.1) is 0 Å². The first-order chi connectivity index (χ1) is 9.27. The number of rotatable bonds is 9. The fraction of sp³-hybridized carbons (Fsp3) is 0.938. The van der Waals surface area contributed by atoms with Crippen LogP contribution in [-0.4, -0.2) is 37.1 Å². The molecular weight excluding hydrogens is 238 g/mol. The molecule has 0 atom stereocenters. The largest absolute Gasteiger partial charge is 0.381 e. The molecule has 0 spiro atoms. The van der Waals surface area contributed by atoms with Crippen LogP contribution in [0.2, 0.25) is 0 Å². The van der Waals surface area contributed by atoms with Crippen LogP contribution in [0.5, 0.6) is 0 Å². The summed E-state index contributed by atoms with van der Waals surface area (Å²) >= 11 is 0. The number of likely N-dealkylation sites (tertiary alicyclic amines) is 1. The van der Waals surface area contributed by atoms with Crippen LogP contribution in [0.4, 0.5) is 0 Å². The normalized spacial score (nSPS) is 16.8. The Labute approximate surface area is 118 Å². The summed E-state index contributed by atoms with van der Waals surface area (Å²) in [6, 6.07) is 0. The molecule has 1 rings (SSSR count). The van der Waals surface area contributed by atoms with Gasteiger partial charge in [0.05, 0.1) is 6.10 Å². The van der Waals surface area contributed by atoms with E-state index in [-0.39, 0.29) is 0 Å².